The van der Waals surface area contributed by atoms with Crippen molar-refractivity contribution in [2.45, 2.75) is 26.8 Å². The van der Waals surface area contributed by atoms with Crippen molar-refractivity contribution in [3.05, 3.63) is 55.9 Å². The number of esters is 1. The van der Waals surface area contributed by atoms with Gasteiger partial charge in [-0.15, -0.1) is 11.3 Å². The molecule has 0 fully saturated rings. The van der Waals surface area contributed by atoms with Crippen molar-refractivity contribution < 1.29 is 9.53 Å². The molecule has 6 nitrogen and oxygen atoms in total. The molecule has 2 N–H and O–H groups in total. The minimum absolute atomic E-state index is 0.235. The number of carbonyl (C=O) groups is 1. The zero-order valence-corrected chi connectivity index (χ0v) is 16.1. The Morgan fingerprint density at radius 3 is 2.73 bits per heavy atom. The van der Waals surface area contributed by atoms with Gasteiger partial charge in [-0.05, 0) is 50.6 Å². The van der Waals surface area contributed by atoms with E-state index in [-0.39, 0.29) is 18.2 Å². The Kier molecular flexibility index (Phi) is 5.29. The van der Waals surface area contributed by atoms with Gasteiger partial charge in [0.15, 0.2) is 0 Å². The van der Waals surface area contributed by atoms with E-state index in [1.807, 2.05) is 19.1 Å². The largest absolute Gasteiger partial charge is 0.462 e. The Labute approximate surface area is 159 Å². The minimum atomic E-state index is -0.429. The predicted octanol–water partition coefficient (Wildman–Crippen LogP) is 4.30. The van der Waals surface area contributed by atoms with Crippen LogP contribution in [0.25, 0.3) is 10.2 Å². The summed E-state index contributed by atoms with van der Waals surface area (Å²) >= 11 is 7.07. The maximum Gasteiger partial charge on any atom is 0.348 e. The average molecular weight is 392 g/mol. The van der Waals surface area contributed by atoms with E-state index in [0.717, 1.165) is 5.69 Å². The number of hydrogen-bond donors (Lipinski definition) is 2. The quantitative estimate of drug-likeness (QED) is 0.633. The molecule has 1 unspecified atom stereocenters. The molecule has 136 valence electrons. The molecule has 2 aromatic heterocycles. The lowest BCUT2D eigenvalue weighted by Crippen LogP contribution is -2.17. The standard InChI is InChI=1S/C18H18ClN3O3S/c1-4-25-18(24)14-9(2)13-16(23)21-15(22-17(13)26-14)10(3)20-12-7-5-11(19)6-8-12/h5-8,10,20H,4H2,1-3H3,(H,21,22,23). The Balaban J connectivity index is 1.96. The summed E-state index contributed by atoms with van der Waals surface area (Å²) in [5.41, 5.74) is 1.19. The number of nitrogens with one attached hydrogen (secondary N) is 2. The number of anilines is 1. The summed E-state index contributed by atoms with van der Waals surface area (Å²) in [6.45, 7) is 5.65. The third-order valence-electron chi connectivity index (χ3n) is 3.92. The first-order valence-corrected chi connectivity index (χ1v) is 9.32. The number of nitrogens with zero attached hydrogens (tertiary/aromatic N) is 1. The van der Waals surface area contributed by atoms with Crippen LogP contribution in [0.4, 0.5) is 5.69 Å². The van der Waals surface area contributed by atoms with Gasteiger partial charge in [-0.2, -0.15) is 0 Å². The summed E-state index contributed by atoms with van der Waals surface area (Å²) in [4.78, 5) is 32.9. The van der Waals surface area contributed by atoms with E-state index in [4.69, 9.17) is 16.3 Å². The van der Waals surface area contributed by atoms with Crippen molar-refractivity contribution >= 4 is 44.8 Å². The molecule has 1 aromatic carbocycles. The summed E-state index contributed by atoms with van der Waals surface area (Å²) in [6, 6.07) is 7.03. The average Bonchev–Trinajstić information content (AvgIpc) is 2.94. The molecule has 0 saturated carbocycles. The smallest absolute Gasteiger partial charge is 0.348 e. The molecule has 0 aliphatic heterocycles. The van der Waals surface area contributed by atoms with Crippen LogP contribution in [0.1, 0.15) is 40.9 Å². The van der Waals surface area contributed by atoms with Gasteiger partial charge in [0.2, 0.25) is 0 Å². The molecule has 0 bridgehead atoms. The second-order valence-corrected chi connectivity index (χ2v) is 7.22. The van der Waals surface area contributed by atoms with Crippen molar-refractivity contribution in [3.8, 4) is 0 Å². The Bertz CT molecular complexity index is 1010. The number of aromatic nitrogens is 2. The van der Waals surface area contributed by atoms with Gasteiger partial charge in [0.25, 0.3) is 5.56 Å². The fourth-order valence-electron chi connectivity index (χ4n) is 2.62. The third-order valence-corrected chi connectivity index (χ3v) is 5.33. The number of hydrogen-bond acceptors (Lipinski definition) is 6. The van der Waals surface area contributed by atoms with Gasteiger partial charge in [0.05, 0.1) is 18.0 Å². The van der Waals surface area contributed by atoms with Gasteiger partial charge < -0.3 is 15.0 Å². The highest BCUT2D eigenvalue weighted by Gasteiger charge is 2.21. The Morgan fingerprint density at radius 1 is 1.38 bits per heavy atom. The molecular weight excluding hydrogens is 374 g/mol. The molecule has 0 aliphatic carbocycles. The molecule has 0 amide bonds. The normalized spacial score (nSPS) is 12.2. The van der Waals surface area contributed by atoms with Crippen molar-refractivity contribution in [1.29, 1.82) is 0 Å². The van der Waals surface area contributed by atoms with E-state index in [0.29, 0.717) is 31.5 Å². The van der Waals surface area contributed by atoms with Crippen LogP contribution < -0.4 is 10.9 Å². The Morgan fingerprint density at radius 2 is 2.08 bits per heavy atom. The van der Waals surface area contributed by atoms with Gasteiger partial charge in [-0.1, -0.05) is 11.6 Å². The lowest BCUT2D eigenvalue weighted by Gasteiger charge is -2.14. The second kappa shape index (κ2) is 7.47. The van der Waals surface area contributed by atoms with Gasteiger partial charge in [0.1, 0.15) is 15.5 Å². The molecular formula is C18H18ClN3O3S. The lowest BCUT2D eigenvalue weighted by molar-refractivity contribution is 0.0531. The minimum Gasteiger partial charge on any atom is -0.462 e. The molecule has 3 rings (SSSR count). The highest BCUT2D eigenvalue weighted by atomic mass is 35.5. The number of aromatic amines is 1. The fourth-order valence-corrected chi connectivity index (χ4v) is 3.83. The topological polar surface area (TPSA) is 84.1 Å². The lowest BCUT2D eigenvalue weighted by atomic mass is 10.2. The number of thiophene rings is 1. The van der Waals surface area contributed by atoms with Crippen LogP contribution in [0, 0.1) is 6.92 Å². The van der Waals surface area contributed by atoms with E-state index in [2.05, 4.69) is 15.3 Å². The molecule has 0 spiro atoms. The number of rotatable bonds is 5. The van der Waals surface area contributed by atoms with Crippen molar-refractivity contribution in [1.82, 2.24) is 9.97 Å². The first-order chi connectivity index (χ1) is 12.4. The van der Waals surface area contributed by atoms with Crippen molar-refractivity contribution in [2.24, 2.45) is 0 Å². The summed E-state index contributed by atoms with van der Waals surface area (Å²) in [7, 11) is 0. The summed E-state index contributed by atoms with van der Waals surface area (Å²) in [5.74, 6) is 0.0652. The summed E-state index contributed by atoms with van der Waals surface area (Å²) in [6.07, 6.45) is 0. The zero-order valence-electron chi connectivity index (χ0n) is 14.6. The molecule has 0 aliphatic rings. The molecule has 8 heteroatoms. The fraction of sp³-hybridized carbons (Fsp3) is 0.278. The number of fused-ring (bicyclic) bond motifs is 1. The van der Waals surface area contributed by atoms with E-state index in [1.54, 1.807) is 26.0 Å². The summed E-state index contributed by atoms with van der Waals surface area (Å²) in [5, 5.41) is 4.34. The van der Waals surface area contributed by atoms with Crippen molar-refractivity contribution in [2.75, 3.05) is 11.9 Å². The van der Waals surface area contributed by atoms with Crippen LogP contribution in [-0.2, 0) is 4.74 Å². The molecule has 2 heterocycles. The molecule has 3 aromatic rings. The van der Waals surface area contributed by atoms with E-state index >= 15 is 0 Å². The van der Waals surface area contributed by atoms with E-state index < -0.39 is 5.97 Å². The zero-order chi connectivity index (χ0) is 18.8. The van der Waals surface area contributed by atoms with Crippen LogP contribution in [0.5, 0.6) is 0 Å². The predicted molar refractivity (Wildman–Crippen MR) is 104 cm³/mol. The SMILES string of the molecule is CCOC(=O)c1sc2nc(C(C)Nc3ccc(Cl)cc3)[nH]c(=O)c2c1C. The number of halogens is 1. The first-order valence-electron chi connectivity index (χ1n) is 8.13. The van der Waals surface area contributed by atoms with E-state index in [1.165, 1.54) is 11.3 Å². The van der Waals surface area contributed by atoms with Crippen LogP contribution in [0.15, 0.2) is 29.1 Å². The maximum absolute atomic E-state index is 12.5. The number of H-pyrrole nitrogens is 1. The van der Waals surface area contributed by atoms with Crippen LogP contribution in [-0.4, -0.2) is 22.5 Å². The van der Waals surface area contributed by atoms with Crippen LogP contribution in [0.3, 0.4) is 0 Å². The van der Waals surface area contributed by atoms with Gasteiger partial charge in [-0.25, -0.2) is 9.78 Å². The monoisotopic (exact) mass is 391 g/mol. The second-order valence-electron chi connectivity index (χ2n) is 5.78. The van der Waals surface area contributed by atoms with Gasteiger partial charge in [-0.3, -0.25) is 4.79 Å². The number of benzene rings is 1. The van der Waals surface area contributed by atoms with Gasteiger partial charge >= 0.3 is 5.97 Å². The molecule has 1 atom stereocenters. The number of ether oxygens (including phenoxy) is 1. The Hall–Kier alpha value is -2.38. The van der Waals surface area contributed by atoms with Crippen molar-refractivity contribution in [3.63, 3.8) is 0 Å². The van der Waals surface area contributed by atoms with Gasteiger partial charge in [0, 0.05) is 10.7 Å². The van der Waals surface area contributed by atoms with Crippen LogP contribution >= 0.6 is 22.9 Å². The number of carbonyl (C=O) groups excluding carboxylic acids is 1. The molecule has 26 heavy (non-hydrogen) atoms. The molecule has 0 radical (unpaired) electrons. The highest BCUT2D eigenvalue weighted by molar-refractivity contribution is 7.20. The van der Waals surface area contributed by atoms with Crippen LogP contribution in [0.2, 0.25) is 5.02 Å². The molecule has 0 saturated heterocycles. The third kappa shape index (κ3) is 3.59. The van der Waals surface area contributed by atoms with E-state index in [9.17, 15) is 9.59 Å². The summed E-state index contributed by atoms with van der Waals surface area (Å²) < 4.78 is 5.05. The number of aryl methyl sites for hydroxylation is 1. The first kappa shape index (κ1) is 18.4. The highest BCUT2D eigenvalue weighted by Crippen LogP contribution is 2.28. The maximum atomic E-state index is 12.5.